The minimum atomic E-state index is 0.580. The van der Waals surface area contributed by atoms with Crippen LogP contribution in [-0.4, -0.2) is 80.3 Å². The van der Waals surface area contributed by atoms with Gasteiger partial charge in [-0.15, -0.1) is 0 Å². The van der Waals surface area contributed by atoms with Crippen LogP contribution in [0.3, 0.4) is 0 Å². The largest absolute Gasteiger partial charge is 0.490 e. The van der Waals surface area contributed by atoms with E-state index in [1.807, 2.05) is 19.9 Å². The van der Waals surface area contributed by atoms with Crippen molar-refractivity contribution in [1.29, 1.82) is 0 Å². The molecule has 2 aliphatic heterocycles. The number of benzene rings is 1. The number of halogens is 1. The van der Waals surface area contributed by atoms with Crippen LogP contribution in [0.1, 0.15) is 19.4 Å². The van der Waals surface area contributed by atoms with Gasteiger partial charge in [-0.1, -0.05) is 11.6 Å². The van der Waals surface area contributed by atoms with Crippen molar-refractivity contribution in [3.63, 3.8) is 0 Å². The van der Waals surface area contributed by atoms with Crippen LogP contribution in [0, 0.1) is 0 Å². The molecule has 2 fully saturated rings. The van der Waals surface area contributed by atoms with Crippen LogP contribution in [0.15, 0.2) is 12.1 Å². The van der Waals surface area contributed by atoms with Crippen molar-refractivity contribution < 1.29 is 9.47 Å². The van der Waals surface area contributed by atoms with Crippen LogP contribution >= 0.6 is 11.6 Å². The van der Waals surface area contributed by atoms with E-state index in [1.54, 1.807) is 0 Å². The van der Waals surface area contributed by atoms with E-state index in [-0.39, 0.29) is 0 Å². The van der Waals surface area contributed by atoms with Gasteiger partial charge in [0.05, 0.1) is 18.2 Å². The van der Waals surface area contributed by atoms with Gasteiger partial charge in [0.25, 0.3) is 0 Å². The van der Waals surface area contributed by atoms with Crippen molar-refractivity contribution >= 4 is 11.6 Å². The summed E-state index contributed by atoms with van der Waals surface area (Å²) in [5.74, 6) is 1.41. The molecule has 0 amide bonds. The highest BCUT2D eigenvalue weighted by Gasteiger charge is 2.30. The number of nitrogens with zero attached hydrogens (tertiary/aromatic N) is 3. The third-order valence-corrected chi connectivity index (χ3v) is 5.32. The van der Waals surface area contributed by atoms with E-state index >= 15 is 0 Å². The second kappa shape index (κ2) is 8.58. The molecule has 6 heteroatoms. The lowest BCUT2D eigenvalue weighted by atomic mass is 10.1. The third kappa shape index (κ3) is 4.59. The minimum absolute atomic E-state index is 0.580. The van der Waals surface area contributed by atoms with Gasteiger partial charge in [-0.3, -0.25) is 9.80 Å². The second-order valence-electron chi connectivity index (χ2n) is 6.96. The van der Waals surface area contributed by atoms with Gasteiger partial charge in [0, 0.05) is 51.9 Å². The molecule has 3 rings (SSSR count). The van der Waals surface area contributed by atoms with Crippen LogP contribution in [0.5, 0.6) is 11.5 Å². The fraction of sp³-hybridized carbons (Fsp3) is 0.684. The Morgan fingerprint density at radius 3 is 2.56 bits per heavy atom. The molecule has 1 aromatic carbocycles. The molecule has 0 bridgehead atoms. The first-order chi connectivity index (χ1) is 12.1. The van der Waals surface area contributed by atoms with Gasteiger partial charge >= 0.3 is 0 Å². The molecule has 2 saturated heterocycles. The smallest absolute Gasteiger partial charge is 0.179 e. The predicted octanol–water partition coefficient (Wildman–Crippen LogP) is 2.57. The first-order valence-corrected chi connectivity index (χ1v) is 9.71. The number of likely N-dealkylation sites (N-methyl/N-ethyl adjacent to an activating group) is 1. The number of hydrogen-bond donors (Lipinski definition) is 0. The van der Waals surface area contributed by atoms with Crippen molar-refractivity contribution in [3.8, 4) is 11.5 Å². The SMILES string of the molecule is CCOc1cc(CN2CCN3CCN(C)CC3C2)cc(Cl)c1OCC. The number of ether oxygens (including phenoxy) is 2. The summed E-state index contributed by atoms with van der Waals surface area (Å²) < 4.78 is 11.4. The lowest BCUT2D eigenvalue weighted by molar-refractivity contribution is 0.0175. The Morgan fingerprint density at radius 1 is 1.04 bits per heavy atom. The maximum Gasteiger partial charge on any atom is 0.179 e. The van der Waals surface area contributed by atoms with Crippen LogP contribution in [-0.2, 0) is 6.54 Å². The lowest BCUT2D eigenvalue weighted by Gasteiger charge is -2.46. The molecule has 0 radical (unpaired) electrons. The minimum Gasteiger partial charge on any atom is -0.490 e. The van der Waals surface area contributed by atoms with E-state index in [0.717, 1.165) is 38.5 Å². The third-order valence-electron chi connectivity index (χ3n) is 5.04. The second-order valence-corrected chi connectivity index (χ2v) is 7.37. The molecule has 1 unspecified atom stereocenters. The van der Waals surface area contributed by atoms with Gasteiger partial charge in [0.15, 0.2) is 11.5 Å². The average Bonchev–Trinajstić information content (AvgIpc) is 2.58. The summed E-state index contributed by atoms with van der Waals surface area (Å²) in [6.07, 6.45) is 0. The monoisotopic (exact) mass is 367 g/mol. The first kappa shape index (κ1) is 18.8. The highest BCUT2D eigenvalue weighted by atomic mass is 35.5. The Balaban J connectivity index is 1.70. The van der Waals surface area contributed by atoms with Crippen molar-refractivity contribution in [3.05, 3.63) is 22.7 Å². The maximum atomic E-state index is 6.46. The van der Waals surface area contributed by atoms with E-state index in [9.17, 15) is 0 Å². The normalized spacial score (nSPS) is 22.6. The summed E-state index contributed by atoms with van der Waals surface area (Å²) >= 11 is 6.46. The molecule has 1 aromatic rings. The molecular formula is C19H30ClN3O2. The molecule has 2 heterocycles. The molecule has 0 spiro atoms. The summed E-state index contributed by atoms with van der Waals surface area (Å²) in [6, 6.07) is 4.74. The number of rotatable bonds is 6. The fourth-order valence-electron chi connectivity index (χ4n) is 3.84. The predicted molar refractivity (Wildman–Crippen MR) is 102 cm³/mol. The standard InChI is InChI=1S/C19H30ClN3O2/c1-4-24-18-11-15(10-17(20)19(18)25-5-2)12-22-7-9-23-8-6-21(3)13-16(23)14-22/h10-11,16H,4-9,12-14H2,1-3H3. The Hall–Kier alpha value is -1.01. The Kier molecular flexibility index (Phi) is 6.44. The lowest BCUT2D eigenvalue weighted by Crippen LogP contribution is -2.61. The van der Waals surface area contributed by atoms with Crippen LogP contribution in [0.25, 0.3) is 0 Å². The van der Waals surface area contributed by atoms with E-state index in [1.165, 1.54) is 18.7 Å². The topological polar surface area (TPSA) is 28.2 Å². The highest BCUT2D eigenvalue weighted by molar-refractivity contribution is 6.32. The summed E-state index contributed by atoms with van der Waals surface area (Å²) in [4.78, 5) is 7.60. The molecule has 0 saturated carbocycles. The molecule has 0 N–H and O–H groups in total. The Labute approximate surface area is 156 Å². The molecule has 2 aliphatic rings. The van der Waals surface area contributed by atoms with Crippen LogP contribution < -0.4 is 9.47 Å². The zero-order valence-corrected chi connectivity index (χ0v) is 16.4. The molecule has 0 aliphatic carbocycles. The van der Waals surface area contributed by atoms with Crippen LogP contribution in [0.4, 0.5) is 0 Å². The fourth-order valence-corrected chi connectivity index (χ4v) is 4.12. The van der Waals surface area contributed by atoms with E-state index in [0.29, 0.717) is 30.0 Å². The summed E-state index contributed by atoms with van der Waals surface area (Å²) in [5.41, 5.74) is 1.19. The van der Waals surface area contributed by atoms with Crippen molar-refractivity contribution in [2.45, 2.75) is 26.4 Å². The highest BCUT2D eigenvalue weighted by Crippen LogP contribution is 2.37. The van der Waals surface area contributed by atoms with Gasteiger partial charge in [0.2, 0.25) is 0 Å². The Morgan fingerprint density at radius 2 is 1.80 bits per heavy atom. The molecular weight excluding hydrogens is 338 g/mol. The van der Waals surface area contributed by atoms with Crippen molar-refractivity contribution in [1.82, 2.24) is 14.7 Å². The first-order valence-electron chi connectivity index (χ1n) is 9.33. The number of piperazine rings is 2. The van der Waals surface area contributed by atoms with E-state index in [4.69, 9.17) is 21.1 Å². The molecule has 25 heavy (non-hydrogen) atoms. The van der Waals surface area contributed by atoms with Crippen molar-refractivity contribution in [2.75, 3.05) is 59.5 Å². The van der Waals surface area contributed by atoms with Gasteiger partial charge in [0.1, 0.15) is 0 Å². The average molecular weight is 368 g/mol. The molecule has 140 valence electrons. The number of fused-ring (bicyclic) bond motifs is 1. The van der Waals surface area contributed by atoms with Crippen LogP contribution in [0.2, 0.25) is 5.02 Å². The molecule has 5 nitrogen and oxygen atoms in total. The summed E-state index contributed by atoms with van der Waals surface area (Å²) in [5, 5.41) is 0.638. The Bertz CT molecular complexity index is 584. The van der Waals surface area contributed by atoms with Gasteiger partial charge in [-0.25, -0.2) is 0 Å². The quantitative estimate of drug-likeness (QED) is 0.770. The summed E-state index contributed by atoms with van der Waals surface area (Å²) in [6.45, 7) is 12.9. The number of hydrogen-bond acceptors (Lipinski definition) is 5. The molecule has 0 aromatic heterocycles. The maximum absolute atomic E-state index is 6.46. The van der Waals surface area contributed by atoms with Gasteiger partial charge in [-0.2, -0.15) is 0 Å². The van der Waals surface area contributed by atoms with E-state index < -0.39 is 0 Å². The van der Waals surface area contributed by atoms with Gasteiger partial charge < -0.3 is 14.4 Å². The molecule has 1 atom stereocenters. The zero-order valence-electron chi connectivity index (χ0n) is 15.6. The van der Waals surface area contributed by atoms with E-state index in [2.05, 4.69) is 27.8 Å². The zero-order chi connectivity index (χ0) is 17.8. The van der Waals surface area contributed by atoms with Gasteiger partial charge in [-0.05, 0) is 38.6 Å². The summed E-state index contributed by atoms with van der Waals surface area (Å²) in [7, 11) is 2.22. The van der Waals surface area contributed by atoms with Crippen molar-refractivity contribution in [2.24, 2.45) is 0 Å².